The third-order valence-corrected chi connectivity index (χ3v) is 2.92. The Hall–Kier alpha value is -2.13. The minimum Gasteiger partial charge on any atom is -0.305 e. The Bertz CT molecular complexity index is 615. The number of amides is 1. The molecule has 0 bridgehead atoms. The first-order chi connectivity index (χ1) is 8.70. The Morgan fingerprint density at radius 2 is 2.22 bits per heavy atom. The maximum atomic E-state index is 11.9. The molecule has 0 saturated heterocycles. The van der Waals surface area contributed by atoms with Crippen molar-refractivity contribution in [3.63, 3.8) is 0 Å². The zero-order valence-electron chi connectivity index (χ0n) is 9.30. The lowest BCUT2D eigenvalue weighted by Gasteiger charge is -2.03. The Labute approximate surface area is 112 Å². The number of carbonyl (C=O) groups excluding carboxylic acids is 1. The third kappa shape index (κ3) is 2.76. The highest BCUT2D eigenvalue weighted by atomic mass is 79.9. The van der Waals surface area contributed by atoms with Crippen LogP contribution in [-0.4, -0.2) is 15.7 Å². The Kier molecular flexibility index (Phi) is 3.75. The molecule has 0 saturated carbocycles. The number of halogens is 1. The van der Waals surface area contributed by atoms with E-state index in [0.717, 1.165) is 4.47 Å². The molecule has 0 aliphatic carbocycles. The summed E-state index contributed by atoms with van der Waals surface area (Å²) in [6.07, 6.45) is 1.64. The molecule has 6 heteroatoms. The minimum absolute atomic E-state index is 0.158. The van der Waals surface area contributed by atoms with Crippen molar-refractivity contribution in [3.8, 4) is 6.07 Å². The highest BCUT2D eigenvalue weighted by molar-refractivity contribution is 9.10. The fraction of sp³-hybridized carbons (Fsp3) is 0.0833. The van der Waals surface area contributed by atoms with Crippen LogP contribution >= 0.6 is 15.9 Å². The molecule has 90 valence electrons. The van der Waals surface area contributed by atoms with Crippen molar-refractivity contribution < 1.29 is 4.79 Å². The first-order valence-electron chi connectivity index (χ1n) is 5.17. The van der Waals surface area contributed by atoms with Gasteiger partial charge in [0, 0.05) is 16.7 Å². The predicted octanol–water partition coefficient (Wildman–Crippen LogP) is 2.42. The van der Waals surface area contributed by atoms with Crippen molar-refractivity contribution in [2.45, 2.75) is 6.54 Å². The molecule has 0 aliphatic heterocycles. The van der Waals surface area contributed by atoms with E-state index >= 15 is 0 Å². The first-order valence-corrected chi connectivity index (χ1v) is 5.96. The number of nitrogens with zero attached hydrogens (tertiary/aromatic N) is 3. The van der Waals surface area contributed by atoms with Gasteiger partial charge in [0.1, 0.15) is 6.54 Å². The number of hydrogen-bond acceptors (Lipinski definition) is 3. The molecule has 1 aromatic carbocycles. The fourth-order valence-electron chi connectivity index (χ4n) is 1.42. The van der Waals surface area contributed by atoms with Crippen LogP contribution in [0.2, 0.25) is 0 Å². The summed E-state index contributed by atoms with van der Waals surface area (Å²) in [4.78, 5) is 11.9. The smallest absolute Gasteiger partial charge is 0.258 e. The number of nitriles is 1. The monoisotopic (exact) mass is 304 g/mol. The molecule has 1 N–H and O–H groups in total. The lowest BCUT2D eigenvalue weighted by atomic mass is 10.2. The number of hydrogen-bond donors (Lipinski definition) is 1. The van der Waals surface area contributed by atoms with E-state index in [-0.39, 0.29) is 12.5 Å². The molecule has 0 atom stereocenters. The van der Waals surface area contributed by atoms with Gasteiger partial charge >= 0.3 is 0 Å². The van der Waals surface area contributed by atoms with Gasteiger partial charge in [0.15, 0.2) is 5.82 Å². The second kappa shape index (κ2) is 5.47. The van der Waals surface area contributed by atoms with E-state index in [1.165, 1.54) is 4.68 Å². The first kappa shape index (κ1) is 12.3. The van der Waals surface area contributed by atoms with Crippen molar-refractivity contribution in [2.75, 3.05) is 5.32 Å². The standard InChI is InChI=1S/C12H9BrN4O/c13-10-4-2-1-3-9(10)12(18)15-11-5-7-17(16-11)8-6-14/h1-5,7H,8H2,(H,15,16,18). The highest BCUT2D eigenvalue weighted by Crippen LogP contribution is 2.17. The van der Waals surface area contributed by atoms with Gasteiger partial charge in [-0.05, 0) is 28.1 Å². The van der Waals surface area contributed by atoms with Crippen molar-refractivity contribution in [3.05, 3.63) is 46.6 Å². The van der Waals surface area contributed by atoms with Crippen LogP contribution in [0.4, 0.5) is 5.82 Å². The summed E-state index contributed by atoms with van der Waals surface area (Å²) < 4.78 is 2.18. The van der Waals surface area contributed by atoms with Crippen LogP contribution in [0, 0.1) is 11.3 Å². The Morgan fingerprint density at radius 1 is 1.44 bits per heavy atom. The van der Waals surface area contributed by atoms with Crippen LogP contribution in [-0.2, 0) is 6.54 Å². The van der Waals surface area contributed by atoms with Gasteiger partial charge < -0.3 is 5.32 Å². The average molecular weight is 305 g/mol. The fourth-order valence-corrected chi connectivity index (χ4v) is 1.88. The number of rotatable bonds is 3. The van der Waals surface area contributed by atoms with E-state index in [1.54, 1.807) is 30.5 Å². The topological polar surface area (TPSA) is 70.7 Å². The molecule has 0 radical (unpaired) electrons. The van der Waals surface area contributed by atoms with Gasteiger partial charge in [-0.2, -0.15) is 10.4 Å². The van der Waals surface area contributed by atoms with Crippen LogP contribution in [0.1, 0.15) is 10.4 Å². The zero-order valence-corrected chi connectivity index (χ0v) is 10.9. The third-order valence-electron chi connectivity index (χ3n) is 2.23. The lowest BCUT2D eigenvalue weighted by molar-refractivity contribution is 0.102. The second-order valence-corrected chi connectivity index (χ2v) is 4.34. The SMILES string of the molecule is N#CCn1ccc(NC(=O)c2ccccc2Br)n1. The summed E-state index contributed by atoms with van der Waals surface area (Å²) in [5.41, 5.74) is 0.535. The largest absolute Gasteiger partial charge is 0.305 e. The summed E-state index contributed by atoms with van der Waals surface area (Å²) in [7, 11) is 0. The molecule has 0 spiro atoms. The molecule has 1 amide bonds. The quantitative estimate of drug-likeness (QED) is 0.946. The van der Waals surface area contributed by atoms with Crippen LogP contribution in [0.5, 0.6) is 0 Å². The minimum atomic E-state index is -0.246. The normalized spacial score (nSPS) is 9.78. The predicted molar refractivity (Wildman–Crippen MR) is 69.9 cm³/mol. The molecule has 0 aliphatic rings. The van der Waals surface area contributed by atoms with E-state index in [9.17, 15) is 4.79 Å². The second-order valence-electron chi connectivity index (χ2n) is 3.49. The van der Waals surface area contributed by atoms with Gasteiger partial charge in [0.05, 0.1) is 11.6 Å². The van der Waals surface area contributed by atoms with E-state index in [1.807, 2.05) is 12.1 Å². The van der Waals surface area contributed by atoms with E-state index in [2.05, 4.69) is 26.3 Å². The van der Waals surface area contributed by atoms with E-state index < -0.39 is 0 Å². The maximum absolute atomic E-state index is 11.9. The van der Waals surface area contributed by atoms with Crippen molar-refractivity contribution in [2.24, 2.45) is 0 Å². The van der Waals surface area contributed by atoms with Gasteiger partial charge in [0.25, 0.3) is 5.91 Å². The molecule has 2 aromatic rings. The molecule has 2 rings (SSSR count). The molecule has 1 aromatic heterocycles. The maximum Gasteiger partial charge on any atom is 0.258 e. The molecular weight excluding hydrogens is 296 g/mol. The van der Waals surface area contributed by atoms with Crippen LogP contribution in [0.3, 0.4) is 0 Å². The van der Waals surface area contributed by atoms with Gasteiger partial charge in [-0.1, -0.05) is 12.1 Å². The summed E-state index contributed by atoms with van der Waals surface area (Å²) in [5, 5.41) is 15.2. The van der Waals surface area contributed by atoms with Gasteiger partial charge in [-0.15, -0.1) is 0 Å². The number of benzene rings is 1. The van der Waals surface area contributed by atoms with E-state index in [0.29, 0.717) is 11.4 Å². The molecule has 1 heterocycles. The molecule has 0 unspecified atom stereocenters. The summed E-state index contributed by atoms with van der Waals surface area (Å²) in [6, 6.07) is 10.7. The average Bonchev–Trinajstić information content (AvgIpc) is 2.77. The van der Waals surface area contributed by atoms with Crippen molar-refractivity contribution >= 4 is 27.7 Å². The van der Waals surface area contributed by atoms with Crippen LogP contribution < -0.4 is 5.32 Å². The number of anilines is 1. The Balaban J connectivity index is 2.12. The highest BCUT2D eigenvalue weighted by Gasteiger charge is 2.10. The summed E-state index contributed by atoms with van der Waals surface area (Å²) in [6.45, 7) is 0.158. The van der Waals surface area contributed by atoms with E-state index in [4.69, 9.17) is 5.26 Å². The summed E-state index contributed by atoms with van der Waals surface area (Å²) in [5.74, 6) is 0.177. The molecule has 5 nitrogen and oxygen atoms in total. The van der Waals surface area contributed by atoms with Crippen molar-refractivity contribution in [1.29, 1.82) is 5.26 Å². The van der Waals surface area contributed by atoms with Gasteiger partial charge in [-0.25, -0.2) is 0 Å². The number of carbonyl (C=O) groups is 1. The zero-order chi connectivity index (χ0) is 13.0. The van der Waals surface area contributed by atoms with Crippen LogP contribution in [0.15, 0.2) is 41.0 Å². The Morgan fingerprint density at radius 3 is 2.94 bits per heavy atom. The lowest BCUT2D eigenvalue weighted by Crippen LogP contribution is -2.13. The van der Waals surface area contributed by atoms with Gasteiger partial charge in [0.2, 0.25) is 0 Å². The molecule has 18 heavy (non-hydrogen) atoms. The van der Waals surface area contributed by atoms with Crippen molar-refractivity contribution in [1.82, 2.24) is 9.78 Å². The van der Waals surface area contributed by atoms with Crippen LogP contribution in [0.25, 0.3) is 0 Å². The molecule has 0 fully saturated rings. The number of aromatic nitrogens is 2. The summed E-state index contributed by atoms with van der Waals surface area (Å²) >= 11 is 3.31. The van der Waals surface area contributed by atoms with Gasteiger partial charge in [-0.3, -0.25) is 9.48 Å². The molecular formula is C12H9BrN4O. The number of nitrogens with one attached hydrogen (secondary N) is 1.